The van der Waals surface area contributed by atoms with Crippen molar-refractivity contribution in [3.8, 4) is 0 Å². The molecule has 3 aliphatic carbocycles. The van der Waals surface area contributed by atoms with Gasteiger partial charge in [-0.1, -0.05) is 50.3 Å². The Bertz CT molecular complexity index is 1970. The maximum Gasteiger partial charge on any atom is 0.348 e. The average molecular weight is 805 g/mol. The molecule has 4 heterocycles. The zero-order valence-corrected chi connectivity index (χ0v) is 32.0. The van der Waals surface area contributed by atoms with Crippen molar-refractivity contribution in [3.05, 3.63) is 94.9 Å². The van der Waals surface area contributed by atoms with E-state index in [1.807, 2.05) is 0 Å². The number of esters is 6. The monoisotopic (exact) mass is 804 g/mol. The predicted molar refractivity (Wildman–Crippen MR) is 195 cm³/mol. The molecule has 16 heteroatoms. The summed E-state index contributed by atoms with van der Waals surface area (Å²) in [7, 11) is 0. The molecule has 308 valence electrons. The molecule has 16 nitrogen and oxygen atoms in total. The van der Waals surface area contributed by atoms with E-state index in [1.165, 1.54) is 60.8 Å². The largest absolute Gasteiger partial charge is 0.480 e. The highest BCUT2D eigenvalue weighted by molar-refractivity contribution is 6.16. The Morgan fingerprint density at radius 3 is 1.05 bits per heavy atom. The molecule has 4 aliphatic heterocycles. The molecule has 3 saturated carbocycles. The molecule has 58 heavy (non-hydrogen) atoms. The van der Waals surface area contributed by atoms with Gasteiger partial charge in [-0.25, -0.2) is 28.8 Å². The highest BCUT2D eigenvalue weighted by Gasteiger charge is 2.56. The Morgan fingerprint density at radius 1 is 0.414 bits per heavy atom. The van der Waals surface area contributed by atoms with Gasteiger partial charge in [0.2, 0.25) is 0 Å². The van der Waals surface area contributed by atoms with Gasteiger partial charge in [0.05, 0.1) is 0 Å². The number of hydrogen-bond donors (Lipinski definition) is 2. The maximum atomic E-state index is 12.9. The number of ether oxygens (including phenoxy) is 8. The minimum Gasteiger partial charge on any atom is -0.480 e. The SMILES string of the molecule is CC1CCC2(CC1)OC(=O)C(=C/C=C/C=C/C1=C(O)OC3(CCC4(CC3)OC(=O)C(=C/C=C/C=C/C3=C(O)OC5(CCC(C)CC5)OC3=O)C(=O)O4)OC1=O)C(=O)O2. The van der Waals surface area contributed by atoms with Crippen LogP contribution < -0.4 is 0 Å². The molecule has 0 amide bonds. The normalized spacial score (nSPS) is 34.4. The number of hydrogen-bond acceptors (Lipinski definition) is 16. The Kier molecular flexibility index (Phi) is 10.9. The van der Waals surface area contributed by atoms with Crippen LogP contribution in [0.2, 0.25) is 0 Å². The van der Waals surface area contributed by atoms with E-state index in [4.69, 9.17) is 37.9 Å². The standard InChI is InChI=1S/C42H44O16/c1-25-13-17-39(18-14-25)51-31(43)27(32(44)52-39)9-5-3-7-11-29-35(47)55-41(56-36(29)48)21-23-42(24-22-41)57-37(49)30(38(50)58-42)12-8-4-6-10-28-33(45)53-40(54-34(28)46)19-15-26(2)16-20-40/h3-12,25-26,43,49H,13-24H2,1-2H3/b6-4+,7-3+,9-5+,12-8+,28-10?,29-11?. The zero-order chi connectivity index (χ0) is 41.3. The molecule has 0 bridgehead atoms. The van der Waals surface area contributed by atoms with Crippen molar-refractivity contribution in [3.63, 3.8) is 0 Å². The van der Waals surface area contributed by atoms with Crippen LogP contribution in [0.1, 0.15) is 90.9 Å². The van der Waals surface area contributed by atoms with Crippen LogP contribution in [0.4, 0.5) is 0 Å². The number of aliphatic hydroxyl groups is 2. The molecule has 2 saturated heterocycles. The first-order chi connectivity index (χ1) is 27.6. The van der Waals surface area contributed by atoms with Gasteiger partial charge in [0.25, 0.3) is 35.0 Å². The molecule has 5 fully saturated rings. The highest BCUT2D eigenvalue weighted by atomic mass is 16.8. The average Bonchev–Trinajstić information content (AvgIpc) is 3.16. The molecular formula is C42H44O16. The minimum atomic E-state index is -1.65. The van der Waals surface area contributed by atoms with Crippen molar-refractivity contribution in [2.75, 3.05) is 0 Å². The maximum absolute atomic E-state index is 12.9. The van der Waals surface area contributed by atoms with Gasteiger partial charge in [-0.15, -0.1) is 0 Å². The fourth-order valence-electron chi connectivity index (χ4n) is 7.75. The van der Waals surface area contributed by atoms with Crippen LogP contribution >= 0.6 is 0 Å². The highest BCUT2D eigenvalue weighted by Crippen LogP contribution is 2.46. The van der Waals surface area contributed by atoms with Crippen LogP contribution in [0.15, 0.2) is 94.9 Å². The summed E-state index contributed by atoms with van der Waals surface area (Å²) in [6.07, 6.45) is 17.8. The summed E-state index contributed by atoms with van der Waals surface area (Å²) >= 11 is 0. The molecule has 0 aromatic carbocycles. The number of carbonyl (C=O) groups excluding carboxylic acids is 6. The Labute approximate surface area is 333 Å². The molecule has 0 aromatic heterocycles. The molecule has 0 aromatic rings. The zero-order valence-electron chi connectivity index (χ0n) is 32.0. The molecule has 7 aliphatic rings. The fraction of sp³-hybridized carbons (Fsp3) is 0.476. The fourth-order valence-corrected chi connectivity index (χ4v) is 7.75. The van der Waals surface area contributed by atoms with Gasteiger partial charge in [0, 0.05) is 51.4 Å². The lowest BCUT2D eigenvalue weighted by molar-refractivity contribution is -0.297. The van der Waals surface area contributed by atoms with E-state index in [9.17, 15) is 39.0 Å². The lowest BCUT2D eigenvalue weighted by Gasteiger charge is -2.46. The smallest absolute Gasteiger partial charge is 0.348 e. The summed E-state index contributed by atoms with van der Waals surface area (Å²) in [6.45, 7) is 4.18. The third-order valence-corrected chi connectivity index (χ3v) is 11.4. The molecule has 4 spiro atoms. The lowest BCUT2D eigenvalue weighted by Crippen LogP contribution is -2.54. The summed E-state index contributed by atoms with van der Waals surface area (Å²) in [4.78, 5) is 76.5. The first-order valence-electron chi connectivity index (χ1n) is 19.4. The predicted octanol–water partition coefficient (Wildman–Crippen LogP) is 5.73. The van der Waals surface area contributed by atoms with Gasteiger partial charge < -0.3 is 48.1 Å². The first kappa shape index (κ1) is 40.1. The Morgan fingerprint density at radius 2 is 0.707 bits per heavy atom. The summed E-state index contributed by atoms with van der Waals surface area (Å²) in [5.41, 5.74) is -1.15. The number of allylic oxidation sites excluding steroid dienone is 8. The van der Waals surface area contributed by atoms with Crippen molar-refractivity contribution in [1.29, 1.82) is 0 Å². The summed E-state index contributed by atoms with van der Waals surface area (Å²) < 4.78 is 44.4. The topological polar surface area (TPSA) is 217 Å². The van der Waals surface area contributed by atoms with Crippen LogP contribution in [0.5, 0.6) is 0 Å². The van der Waals surface area contributed by atoms with Gasteiger partial charge in [0.1, 0.15) is 22.3 Å². The first-order valence-corrected chi connectivity index (χ1v) is 19.4. The van der Waals surface area contributed by atoms with E-state index in [2.05, 4.69) is 13.8 Å². The van der Waals surface area contributed by atoms with E-state index in [0.717, 1.165) is 25.7 Å². The van der Waals surface area contributed by atoms with Crippen LogP contribution in [0.25, 0.3) is 0 Å². The number of aliphatic hydroxyl groups excluding tert-OH is 2. The quantitative estimate of drug-likeness (QED) is 0.108. The van der Waals surface area contributed by atoms with Gasteiger partial charge >= 0.3 is 35.8 Å². The van der Waals surface area contributed by atoms with Crippen LogP contribution in [0, 0.1) is 11.8 Å². The summed E-state index contributed by atoms with van der Waals surface area (Å²) in [5.74, 6) is -11.0. The third kappa shape index (κ3) is 8.31. The van der Waals surface area contributed by atoms with Crippen molar-refractivity contribution in [2.45, 2.75) is 114 Å². The van der Waals surface area contributed by atoms with E-state index in [-0.39, 0.29) is 42.4 Å². The third-order valence-electron chi connectivity index (χ3n) is 11.4. The Hall–Kier alpha value is -6.06. The van der Waals surface area contributed by atoms with E-state index in [1.54, 1.807) is 0 Å². The van der Waals surface area contributed by atoms with Gasteiger partial charge in [-0.3, -0.25) is 0 Å². The van der Waals surface area contributed by atoms with Crippen molar-refractivity contribution in [1.82, 2.24) is 0 Å². The molecular weight excluding hydrogens is 760 g/mol. The van der Waals surface area contributed by atoms with Crippen molar-refractivity contribution >= 4 is 35.8 Å². The summed E-state index contributed by atoms with van der Waals surface area (Å²) in [5, 5.41) is 21.0. The second-order valence-electron chi connectivity index (χ2n) is 15.6. The van der Waals surface area contributed by atoms with Gasteiger partial charge in [-0.2, -0.15) is 0 Å². The lowest BCUT2D eigenvalue weighted by atomic mass is 9.86. The minimum absolute atomic E-state index is 0.0980. The Balaban J connectivity index is 0.900. The second-order valence-corrected chi connectivity index (χ2v) is 15.6. The van der Waals surface area contributed by atoms with E-state index >= 15 is 0 Å². The van der Waals surface area contributed by atoms with Crippen LogP contribution in [-0.2, 0) is 66.7 Å². The van der Waals surface area contributed by atoms with Crippen molar-refractivity contribution < 1.29 is 76.9 Å². The molecule has 7 rings (SSSR count). The molecule has 0 unspecified atom stereocenters. The van der Waals surface area contributed by atoms with E-state index < -0.39 is 76.4 Å². The van der Waals surface area contributed by atoms with Crippen LogP contribution in [-0.4, -0.2) is 69.2 Å². The number of rotatable bonds is 6. The summed E-state index contributed by atoms with van der Waals surface area (Å²) in [6, 6.07) is 0. The molecule has 0 radical (unpaired) electrons. The van der Waals surface area contributed by atoms with Gasteiger partial charge in [0.15, 0.2) is 0 Å². The van der Waals surface area contributed by atoms with Gasteiger partial charge in [-0.05, 0) is 61.8 Å². The molecule has 0 atom stereocenters. The van der Waals surface area contributed by atoms with Crippen LogP contribution in [0.3, 0.4) is 0 Å². The van der Waals surface area contributed by atoms with E-state index in [0.29, 0.717) is 37.5 Å². The van der Waals surface area contributed by atoms with Crippen molar-refractivity contribution in [2.24, 2.45) is 11.8 Å². The second kappa shape index (κ2) is 15.7. The molecule has 2 N–H and O–H groups in total. The number of carbonyl (C=O) groups is 6.